The summed E-state index contributed by atoms with van der Waals surface area (Å²) in [6, 6.07) is 3.59. The molecule has 0 aliphatic rings. The Morgan fingerprint density at radius 1 is 1.34 bits per heavy atom. The average Bonchev–Trinajstić information content (AvgIpc) is 2.72. The van der Waals surface area contributed by atoms with E-state index < -0.39 is 5.83 Å². The zero-order valence-corrected chi connectivity index (χ0v) is 17.3. The summed E-state index contributed by atoms with van der Waals surface area (Å²) in [5.41, 5.74) is 4.52. The standard InChI is InChI=1S/C24H29FN2O2/c1-7-23(29-6)22(25)14-17(2)15-27-20(5)18(3)10-8-11-19(4)24-21(16-28)12-9-13-26-24/h7-14,27-28H,1,4-5,15-16H2,2-3,6H3/b11-8-,17-14+,18-10+,23-22-. The maximum Gasteiger partial charge on any atom is 0.165 e. The van der Waals surface area contributed by atoms with Crippen LogP contribution in [0.4, 0.5) is 4.39 Å². The van der Waals surface area contributed by atoms with E-state index in [4.69, 9.17) is 4.74 Å². The highest BCUT2D eigenvalue weighted by Crippen LogP contribution is 2.17. The Morgan fingerprint density at radius 2 is 2.07 bits per heavy atom. The van der Waals surface area contributed by atoms with Crippen LogP contribution >= 0.6 is 0 Å². The topological polar surface area (TPSA) is 54.4 Å². The van der Waals surface area contributed by atoms with E-state index in [1.54, 1.807) is 12.3 Å². The number of hydrogen-bond donors (Lipinski definition) is 2. The van der Waals surface area contributed by atoms with Crippen molar-refractivity contribution in [1.29, 1.82) is 0 Å². The monoisotopic (exact) mass is 396 g/mol. The summed E-state index contributed by atoms with van der Waals surface area (Å²) in [7, 11) is 1.40. The molecule has 0 fully saturated rings. The smallest absolute Gasteiger partial charge is 0.165 e. The number of ether oxygens (including phenoxy) is 1. The zero-order valence-electron chi connectivity index (χ0n) is 17.3. The summed E-state index contributed by atoms with van der Waals surface area (Å²) in [5, 5.41) is 12.6. The normalized spacial score (nSPS) is 13.1. The quantitative estimate of drug-likeness (QED) is 0.401. The second-order valence-corrected chi connectivity index (χ2v) is 6.35. The molecule has 1 aromatic rings. The lowest BCUT2D eigenvalue weighted by molar-refractivity contribution is 0.281. The number of allylic oxidation sites excluding steroid dienone is 8. The van der Waals surface area contributed by atoms with Crippen LogP contribution in [0.3, 0.4) is 0 Å². The van der Waals surface area contributed by atoms with Gasteiger partial charge in [0.1, 0.15) is 0 Å². The van der Waals surface area contributed by atoms with Crippen LogP contribution in [0.25, 0.3) is 5.57 Å². The Hall–Kier alpha value is -3.18. The van der Waals surface area contributed by atoms with Crippen molar-refractivity contribution >= 4 is 5.57 Å². The van der Waals surface area contributed by atoms with Gasteiger partial charge < -0.3 is 15.2 Å². The van der Waals surface area contributed by atoms with E-state index in [1.165, 1.54) is 19.3 Å². The molecule has 2 N–H and O–H groups in total. The molecule has 5 heteroatoms. The Labute approximate surface area is 172 Å². The SMILES string of the molecule is C=C/C(OC)=C(F)\C=C(/C)CNC(=C)/C(C)=C/C=C\C(=C)c1ncccc1CO. The molecular formula is C24H29FN2O2. The van der Waals surface area contributed by atoms with Crippen molar-refractivity contribution in [1.82, 2.24) is 10.3 Å². The van der Waals surface area contributed by atoms with Crippen molar-refractivity contribution in [2.24, 2.45) is 0 Å². The van der Waals surface area contributed by atoms with Crippen LogP contribution in [0, 0.1) is 0 Å². The Morgan fingerprint density at radius 3 is 2.69 bits per heavy atom. The van der Waals surface area contributed by atoms with Crippen molar-refractivity contribution < 1.29 is 14.2 Å². The van der Waals surface area contributed by atoms with Gasteiger partial charge in [-0.1, -0.05) is 49.6 Å². The van der Waals surface area contributed by atoms with E-state index in [0.29, 0.717) is 17.8 Å². The number of nitrogens with zero attached hydrogens (tertiary/aromatic N) is 1. The fourth-order valence-corrected chi connectivity index (χ4v) is 2.35. The Bertz CT molecular complexity index is 877. The van der Waals surface area contributed by atoms with Gasteiger partial charge in [0.25, 0.3) is 0 Å². The van der Waals surface area contributed by atoms with Gasteiger partial charge in [-0.3, -0.25) is 4.98 Å². The largest absolute Gasteiger partial charge is 0.494 e. The van der Waals surface area contributed by atoms with E-state index in [-0.39, 0.29) is 12.4 Å². The third kappa shape index (κ3) is 7.76. The molecule has 1 aromatic heterocycles. The van der Waals surface area contributed by atoms with Gasteiger partial charge in [0.2, 0.25) is 0 Å². The molecule has 4 nitrogen and oxygen atoms in total. The number of aromatic nitrogens is 1. The van der Waals surface area contributed by atoms with Gasteiger partial charge in [-0.05, 0) is 43.2 Å². The molecule has 1 heterocycles. The third-order valence-corrected chi connectivity index (χ3v) is 4.08. The lowest BCUT2D eigenvalue weighted by Gasteiger charge is -2.10. The summed E-state index contributed by atoms with van der Waals surface area (Å²) < 4.78 is 18.8. The Balaban J connectivity index is 2.70. The first-order chi connectivity index (χ1) is 13.8. The number of aliphatic hydroxyl groups excluding tert-OH is 1. The van der Waals surface area contributed by atoms with Gasteiger partial charge in [0.15, 0.2) is 11.6 Å². The number of hydrogen-bond acceptors (Lipinski definition) is 4. The molecule has 0 amide bonds. The molecular weight excluding hydrogens is 367 g/mol. The van der Waals surface area contributed by atoms with Gasteiger partial charge in [-0.15, -0.1) is 0 Å². The number of pyridine rings is 1. The number of methoxy groups -OCH3 is 1. The number of rotatable bonds is 11. The van der Waals surface area contributed by atoms with Crippen molar-refractivity contribution in [3.05, 3.63) is 108 Å². The highest BCUT2D eigenvalue weighted by molar-refractivity contribution is 5.71. The maximum absolute atomic E-state index is 13.9. The van der Waals surface area contributed by atoms with E-state index in [2.05, 4.69) is 30.0 Å². The van der Waals surface area contributed by atoms with Gasteiger partial charge in [0.05, 0.1) is 19.4 Å². The van der Waals surface area contributed by atoms with Crippen molar-refractivity contribution in [3.8, 4) is 0 Å². The van der Waals surface area contributed by atoms with Gasteiger partial charge >= 0.3 is 0 Å². The predicted molar refractivity (Wildman–Crippen MR) is 118 cm³/mol. The second-order valence-electron chi connectivity index (χ2n) is 6.35. The van der Waals surface area contributed by atoms with E-state index in [1.807, 2.05) is 38.1 Å². The third-order valence-electron chi connectivity index (χ3n) is 4.08. The molecule has 0 radical (unpaired) electrons. The second kappa shape index (κ2) is 12.3. The fourth-order valence-electron chi connectivity index (χ4n) is 2.35. The predicted octanol–water partition coefficient (Wildman–Crippen LogP) is 5.15. The summed E-state index contributed by atoms with van der Waals surface area (Å²) in [5.74, 6) is -0.375. The lowest BCUT2D eigenvalue weighted by atomic mass is 10.1. The molecule has 0 atom stereocenters. The molecule has 0 bridgehead atoms. The first-order valence-corrected chi connectivity index (χ1v) is 9.09. The highest BCUT2D eigenvalue weighted by Gasteiger charge is 2.04. The van der Waals surface area contributed by atoms with Crippen LogP contribution in [0.2, 0.25) is 0 Å². The number of nitrogens with one attached hydrogen (secondary N) is 1. The summed E-state index contributed by atoms with van der Waals surface area (Å²) >= 11 is 0. The molecule has 0 aromatic carbocycles. The minimum absolute atomic E-state index is 0.0903. The van der Waals surface area contributed by atoms with Crippen molar-refractivity contribution in [2.45, 2.75) is 20.5 Å². The molecule has 0 aliphatic heterocycles. The maximum atomic E-state index is 13.9. The summed E-state index contributed by atoms with van der Waals surface area (Å²) in [6.07, 6.45) is 9.95. The van der Waals surface area contributed by atoms with Crippen LogP contribution in [0.1, 0.15) is 25.1 Å². The minimum Gasteiger partial charge on any atom is -0.494 e. The molecule has 0 spiro atoms. The molecule has 1 rings (SSSR count). The van der Waals surface area contributed by atoms with Crippen molar-refractivity contribution in [2.75, 3.05) is 13.7 Å². The lowest BCUT2D eigenvalue weighted by Crippen LogP contribution is -2.15. The fraction of sp³-hybridized carbons (Fsp3) is 0.208. The Kier molecular flexibility index (Phi) is 10.1. The molecule has 0 unspecified atom stereocenters. The van der Waals surface area contributed by atoms with E-state index >= 15 is 0 Å². The zero-order chi connectivity index (χ0) is 21.8. The first kappa shape index (κ1) is 23.9. The van der Waals surface area contributed by atoms with Crippen LogP contribution in [-0.4, -0.2) is 23.7 Å². The van der Waals surface area contributed by atoms with Gasteiger partial charge in [-0.25, -0.2) is 4.39 Å². The van der Waals surface area contributed by atoms with E-state index in [0.717, 1.165) is 22.4 Å². The first-order valence-electron chi connectivity index (χ1n) is 9.09. The van der Waals surface area contributed by atoms with E-state index in [9.17, 15) is 9.50 Å². The molecule has 29 heavy (non-hydrogen) atoms. The van der Waals surface area contributed by atoms with Gasteiger partial charge in [0, 0.05) is 24.0 Å². The molecule has 0 saturated heterocycles. The average molecular weight is 397 g/mol. The van der Waals surface area contributed by atoms with Crippen LogP contribution in [0.15, 0.2) is 96.9 Å². The molecule has 0 aliphatic carbocycles. The molecule has 154 valence electrons. The summed E-state index contributed by atoms with van der Waals surface area (Å²) in [4.78, 5) is 4.26. The van der Waals surface area contributed by atoms with Crippen molar-refractivity contribution in [3.63, 3.8) is 0 Å². The van der Waals surface area contributed by atoms with Crippen LogP contribution in [-0.2, 0) is 11.3 Å². The molecule has 0 saturated carbocycles. The highest BCUT2D eigenvalue weighted by atomic mass is 19.1. The number of halogens is 1. The minimum atomic E-state index is -0.474. The van der Waals surface area contributed by atoms with Crippen LogP contribution in [0.5, 0.6) is 0 Å². The van der Waals surface area contributed by atoms with Gasteiger partial charge in [-0.2, -0.15) is 0 Å². The van der Waals surface area contributed by atoms with Crippen LogP contribution < -0.4 is 5.32 Å². The number of aliphatic hydroxyl groups is 1. The summed E-state index contributed by atoms with van der Waals surface area (Å²) in [6.45, 7) is 15.6.